The van der Waals surface area contributed by atoms with Crippen LogP contribution in [0.3, 0.4) is 0 Å². The van der Waals surface area contributed by atoms with Crippen LogP contribution in [0.1, 0.15) is 32.6 Å². The minimum atomic E-state index is 0.326. The van der Waals surface area contributed by atoms with Crippen LogP contribution in [-0.2, 0) is 0 Å². The summed E-state index contributed by atoms with van der Waals surface area (Å²) in [5.74, 6) is 0.669. The van der Waals surface area contributed by atoms with Gasteiger partial charge in [0.05, 0.1) is 6.61 Å². The largest absolute Gasteiger partial charge is 0.395 e. The first-order valence-electron chi connectivity index (χ1n) is 6.27. The molecule has 1 saturated heterocycles. The van der Waals surface area contributed by atoms with E-state index in [1.54, 1.807) is 0 Å². The molecule has 2 unspecified atom stereocenters. The molecule has 0 aliphatic carbocycles. The van der Waals surface area contributed by atoms with E-state index in [2.05, 4.69) is 17.1 Å². The van der Waals surface area contributed by atoms with Gasteiger partial charge in [0, 0.05) is 12.6 Å². The lowest BCUT2D eigenvalue weighted by Crippen LogP contribution is -2.41. The number of likely N-dealkylation sites (tertiary alicyclic amines) is 1. The fourth-order valence-corrected chi connectivity index (χ4v) is 2.50. The van der Waals surface area contributed by atoms with Gasteiger partial charge in [0.15, 0.2) is 0 Å². The maximum Gasteiger partial charge on any atom is 0.0586 e. The van der Waals surface area contributed by atoms with Crippen molar-refractivity contribution in [2.75, 3.05) is 33.3 Å². The van der Waals surface area contributed by atoms with Gasteiger partial charge in [-0.25, -0.2) is 0 Å². The highest BCUT2D eigenvalue weighted by atomic mass is 16.3. The molecule has 0 aromatic heterocycles. The molecule has 1 fully saturated rings. The van der Waals surface area contributed by atoms with Crippen molar-refractivity contribution in [1.82, 2.24) is 10.2 Å². The van der Waals surface area contributed by atoms with Gasteiger partial charge < -0.3 is 10.4 Å². The van der Waals surface area contributed by atoms with E-state index in [9.17, 15) is 5.11 Å². The summed E-state index contributed by atoms with van der Waals surface area (Å²) in [5.41, 5.74) is 0. The summed E-state index contributed by atoms with van der Waals surface area (Å²) in [4.78, 5) is 2.48. The zero-order chi connectivity index (χ0) is 11.1. The van der Waals surface area contributed by atoms with Crippen LogP contribution in [0.15, 0.2) is 0 Å². The van der Waals surface area contributed by atoms with Crippen LogP contribution in [0.5, 0.6) is 0 Å². The fourth-order valence-electron chi connectivity index (χ4n) is 2.50. The fraction of sp³-hybridized carbons (Fsp3) is 1.00. The molecule has 3 heteroatoms. The molecule has 0 spiro atoms. The molecular weight excluding hydrogens is 188 g/mol. The number of rotatable bonds is 5. The van der Waals surface area contributed by atoms with E-state index in [0.29, 0.717) is 18.6 Å². The number of nitrogens with zero attached hydrogens (tertiary/aromatic N) is 1. The lowest BCUT2D eigenvalue weighted by Gasteiger charge is -2.30. The van der Waals surface area contributed by atoms with Crippen molar-refractivity contribution in [3.63, 3.8) is 0 Å². The van der Waals surface area contributed by atoms with E-state index in [1.807, 2.05) is 7.05 Å². The van der Waals surface area contributed by atoms with Crippen LogP contribution in [0.4, 0.5) is 0 Å². The maximum absolute atomic E-state index is 9.37. The normalized spacial score (nSPS) is 26.2. The van der Waals surface area contributed by atoms with Crippen molar-refractivity contribution in [3.8, 4) is 0 Å². The Morgan fingerprint density at radius 2 is 2.20 bits per heavy atom. The summed E-state index contributed by atoms with van der Waals surface area (Å²) in [6.07, 6.45) is 5.07. The predicted octanol–water partition coefficient (Wildman–Crippen LogP) is 1.08. The first-order chi connectivity index (χ1) is 7.27. The summed E-state index contributed by atoms with van der Waals surface area (Å²) in [7, 11) is 2.00. The first-order valence-corrected chi connectivity index (χ1v) is 6.27. The number of hydrogen-bond acceptors (Lipinski definition) is 3. The van der Waals surface area contributed by atoms with Crippen molar-refractivity contribution in [3.05, 3.63) is 0 Å². The summed E-state index contributed by atoms with van der Waals surface area (Å²) in [5, 5.41) is 12.6. The molecule has 0 bridgehead atoms. The number of nitrogens with one attached hydrogen (secondary N) is 1. The molecule has 0 radical (unpaired) electrons. The van der Waals surface area contributed by atoms with Crippen LogP contribution in [-0.4, -0.2) is 49.3 Å². The van der Waals surface area contributed by atoms with E-state index >= 15 is 0 Å². The molecule has 0 aromatic rings. The highest BCUT2D eigenvalue weighted by molar-refractivity contribution is 4.76. The Hall–Kier alpha value is -0.120. The topological polar surface area (TPSA) is 35.5 Å². The van der Waals surface area contributed by atoms with Gasteiger partial charge in [-0.15, -0.1) is 0 Å². The van der Waals surface area contributed by atoms with Crippen LogP contribution in [0.25, 0.3) is 0 Å². The van der Waals surface area contributed by atoms with Crippen LogP contribution >= 0.6 is 0 Å². The zero-order valence-electron chi connectivity index (χ0n) is 10.2. The Morgan fingerprint density at radius 1 is 1.40 bits per heavy atom. The Balaban J connectivity index is 2.40. The molecule has 0 saturated carbocycles. The maximum atomic E-state index is 9.37. The lowest BCUT2D eigenvalue weighted by atomic mass is 10.1. The Morgan fingerprint density at radius 3 is 2.87 bits per heavy atom. The Bertz CT molecular complexity index is 164. The quantitative estimate of drug-likeness (QED) is 0.719. The second-order valence-corrected chi connectivity index (χ2v) is 4.84. The van der Waals surface area contributed by atoms with Gasteiger partial charge in [-0.3, -0.25) is 4.90 Å². The first kappa shape index (κ1) is 12.9. The van der Waals surface area contributed by atoms with Gasteiger partial charge in [0.1, 0.15) is 0 Å². The van der Waals surface area contributed by atoms with E-state index in [4.69, 9.17) is 0 Å². The van der Waals surface area contributed by atoms with Crippen molar-refractivity contribution in [1.29, 1.82) is 0 Å². The second kappa shape index (κ2) is 7.20. The van der Waals surface area contributed by atoms with Crippen molar-refractivity contribution < 1.29 is 5.11 Å². The molecule has 2 N–H and O–H groups in total. The third kappa shape index (κ3) is 4.49. The standard InChI is InChI=1S/C12H26N2O/c1-11(8-13-2)9-14-7-5-3-4-6-12(14)10-15/h11-13,15H,3-10H2,1-2H3. The molecule has 15 heavy (non-hydrogen) atoms. The third-order valence-corrected chi connectivity index (χ3v) is 3.31. The Labute approximate surface area is 93.9 Å². The van der Waals surface area contributed by atoms with E-state index in [0.717, 1.165) is 13.1 Å². The van der Waals surface area contributed by atoms with Crippen molar-refractivity contribution in [2.45, 2.75) is 38.6 Å². The average Bonchev–Trinajstić information content (AvgIpc) is 2.43. The molecule has 0 amide bonds. The molecule has 0 aromatic carbocycles. The lowest BCUT2D eigenvalue weighted by molar-refractivity contribution is 0.111. The van der Waals surface area contributed by atoms with E-state index in [1.165, 1.54) is 32.2 Å². The minimum absolute atomic E-state index is 0.326. The van der Waals surface area contributed by atoms with Gasteiger partial charge in [-0.2, -0.15) is 0 Å². The van der Waals surface area contributed by atoms with Gasteiger partial charge in [-0.1, -0.05) is 19.8 Å². The second-order valence-electron chi connectivity index (χ2n) is 4.84. The summed E-state index contributed by atoms with van der Waals surface area (Å²) < 4.78 is 0. The van der Waals surface area contributed by atoms with Gasteiger partial charge in [-0.05, 0) is 38.9 Å². The Kier molecular flexibility index (Phi) is 6.22. The summed E-state index contributed by atoms with van der Waals surface area (Å²) in [6, 6.07) is 0.409. The highest BCUT2D eigenvalue weighted by Gasteiger charge is 2.21. The van der Waals surface area contributed by atoms with Crippen molar-refractivity contribution >= 4 is 0 Å². The molecule has 1 aliphatic heterocycles. The van der Waals surface area contributed by atoms with Crippen molar-refractivity contribution in [2.24, 2.45) is 5.92 Å². The van der Waals surface area contributed by atoms with E-state index < -0.39 is 0 Å². The summed E-state index contributed by atoms with van der Waals surface area (Å²) >= 11 is 0. The molecule has 1 rings (SSSR count). The molecule has 2 atom stereocenters. The SMILES string of the molecule is CNCC(C)CN1CCCCCC1CO. The average molecular weight is 214 g/mol. The van der Waals surface area contributed by atoms with Crippen LogP contribution < -0.4 is 5.32 Å². The van der Waals surface area contributed by atoms with Gasteiger partial charge in [0.2, 0.25) is 0 Å². The number of aliphatic hydroxyl groups is 1. The molecular formula is C12H26N2O. The molecule has 90 valence electrons. The monoisotopic (exact) mass is 214 g/mol. The minimum Gasteiger partial charge on any atom is -0.395 e. The van der Waals surface area contributed by atoms with Gasteiger partial charge in [0.25, 0.3) is 0 Å². The van der Waals surface area contributed by atoms with Gasteiger partial charge >= 0.3 is 0 Å². The molecule has 3 nitrogen and oxygen atoms in total. The number of aliphatic hydroxyl groups excluding tert-OH is 1. The number of hydrogen-bond donors (Lipinski definition) is 2. The van der Waals surface area contributed by atoms with Crippen LogP contribution in [0, 0.1) is 5.92 Å². The third-order valence-electron chi connectivity index (χ3n) is 3.31. The summed E-state index contributed by atoms with van der Waals surface area (Å²) in [6.45, 7) is 5.95. The predicted molar refractivity (Wildman–Crippen MR) is 64.0 cm³/mol. The van der Waals surface area contributed by atoms with E-state index in [-0.39, 0.29) is 0 Å². The van der Waals surface area contributed by atoms with Crippen LogP contribution in [0.2, 0.25) is 0 Å². The molecule has 1 aliphatic rings. The zero-order valence-corrected chi connectivity index (χ0v) is 10.2. The molecule has 1 heterocycles. The highest BCUT2D eigenvalue weighted by Crippen LogP contribution is 2.17. The smallest absolute Gasteiger partial charge is 0.0586 e.